The van der Waals surface area contributed by atoms with E-state index in [1.807, 2.05) is 0 Å². The van der Waals surface area contributed by atoms with E-state index < -0.39 is 0 Å². The van der Waals surface area contributed by atoms with Crippen molar-refractivity contribution in [1.29, 1.82) is 0 Å². The van der Waals surface area contributed by atoms with Crippen LogP contribution >= 0.6 is 0 Å². The first-order valence-electron chi connectivity index (χ1n) is 3.63. The number of aliphatic hydroxyl groups excluding tert-OH is 1. The SMILES string of the molecule is OCCn1cncc2ncnc1-2. The summed E-state index contributed by atoms with van der Waals surface area (Å²) in [6, 6.07) is 0. The lowest BCUT2D eigenvalue weighted by Gasteiger charge is -2.06. The van der Waals surface area contributed by atoms with Gasteiger partial charge in [0, 0.05) is 6.54 Å². The van der Waals surface area contributed by atoms with Crippen LogP contribution in [0.2, 0.25) is 0 Å². The molecule has 2 rings (SSSR count). The molecule has 0 aromatic rings. The lowest BCUT2D eigenvalue weighted by atomic mass is 10.4. The zero-order valence-electron chi connectivity index (χ0n) is 6.38. The Hall–Kier alpha value is -1.49. The highest BCUT2D eigenvalue weighted by Gasteiger charge is 2.08. The number of hydrogen-bond acceptors (Lipinski definition) is 4. The van der Waals surface area contributed by atoms with Gasteiger partial charge in [-0.05, 0) is 0 Å². The molecular formula is C7H8N4O. The third-order valence-electron chi connectivity index (χ3n) is 1.62. The zero-order chi connectivity index (χ0) is 8.39. The smallest absolute Gasteiger partial charge is 0.163 e. The summed E-state index contributed by atoms with van der Waals surface area (Å²) in [5.74, 6) is 0.763. The second-order valence-corrected chi connectivity index (χ2v) is 2.39. The van der Waals surface area contributed by atoms with Crippen LogP contribution in [-0.4, -0.2) is 31.2 Å². The summed E-state index contributed by atoms with van der Waals surface area (Å²) in [5, 5.41) is 8.72. The van der Waals surface area contributed by atoms with Crippen LogP contribution in [-0.2, 0) is 6.54 Å². The minimum Gasteiger partial charge on any atom is -0.395 e. The Labute approximate surface area is 69.1 Å². The molecular weight excluding hydrogens is 156 g/mol. The van der Waals surface area contributed by atoms with Crippen LogP contribution in [0.5, 0.6) is 0 Å². The van der Waals surface area contributed by atoms with E-state index in [1.165, 1.54) is 6.33 Å². The summed E-state index contributed by atoms with van der Waals surface area (Å²) < 4.78 is 1.77. The van der Waals surface area contributed by atoms with Crippen LogP contribution in [0.4, 0.5) is 0 Å². The molecule has 62 valence electrons. The molecule has 0 spiro atoms. The van der Waals surface area contributed by atoms with Crippen LogP contribution in [0.1, 0.15) is 0 Å². The molecule has 1 N–H and O–H groups in total. The first kappa shape index (κ1) is 7.17. The van der Waals surface area contributed by atoms with Crippen molar-refractivity contribution >= 4 is 0 Å². The second-order valence-electron chi connectivity index (χ2n) is 2.39. The molecule has 0 amide bonds. The number of hydrogen-bond donors (Lipinski definition) is 1. The molecule has 0 saturated heterocycles. The maximum absolute atomic E-state index is 8.72. The van der Waals surface area contributed by atoms with Gasteiger partial charge in [-0.15, -0.1) is 0 Å². The van der Waals surface area contributed by atoms with E-state index in [2.05, 4.69) is 15.0 Å². The molecule has 12 heavy (non-hydrogen) atoms. The molecule has 0 bridgehead atoms. The van der Waals surface area contributed by atoms with Gasteiger partial charge in [0.2, 0.25) is 0 Å². The van der Waals surface area contributed by atoms with Crippen molar-refractivity contribution in [2.24, 2.45) is 0 Å². The van der Waals surface area contributed by atoms with Crippen molar-refractivity contribution in [3.8, 4) is 11.5 Å². The average Bonchev–Trinajstić information content (AvgIpc) is 2.53. The Kier molecular flexibility index (Phi) is 1.71. The maximum atomic E-state index is 8.72. The normalized spacial score (nSPS) is 10.8. The molecule has 0 aromatic heterocycles. The fourth-order valence-corrected chi connectivity index (χ4v) is 1.09. The molecule has 0 radical (unpaired) electrons. The Morgan fingerprint density at radius 1 is 1.42 bits per heavy atom. The summed E-state index contributed by atoms with van der Waals surface area (Å²) in [7, 11) is 0. The largest absolute Gasteiger partial charge is 0.395 e. The standard InChI is InChI=1S/C7H8N4O/c12-2-1-11-5-8-3-6-7(11)10-4-9-6/h3-5,12H,1-2H2. The molecule has 2 heterocycles. The third kappa shape index (κ3) is 1.04. The Morgan fingerprint density at radius 2 is 2.33 bits per heavy atom. The summed E-state index contributed by atoms with van der Waals surface area (Å²) in [6.07, 6.45) is 4.77. The van der Waals surface area contributed by atoms with Crippen LogP contribution in [0.15, 0.2) is 18.9 Å². The van der Waals surface area contributed by atoms with Crippen molar-refractivity contribution in [2.45, 2.75) is 6.54 Å². The molecule has 0 saturated carbocycles. The van der Waals surface area contributed by atoms with Crippen molar-refractivity contribution in [3.63, 3.8) is 0 Å². The quantitative estimate of drug-likeness (QED) is 0.666. The van der Waals surface area contributed by atoms with E-state index >= 15 is 0 Å². The Morgan fingerprint density at radius 3 is 3.17 bits per heavy atom. The molecule has 0 atom stereocenters. The van der Waals surface area contributed by atoms with Gasteiger partial charge in [0.15, 0.2) is 5.82 Å². The molecule has 2 aliphatic rings. The number of fused-ring (bicyclic) bond motifs is 1. The number of aliphatic hydroxyl groups is 1. The zero-order valence-corrected chi connectivity index (χ0v) is 6.38. The van der Waals surface area contributed by atoms with Gasteiger partial charge in [0.25, 0.3) is 0 Å². The molecule has 0 fully saturated rings. The predicted octanol–water partition coefficient (Wildman–Crippen LogP) is -0.230. The van der Waals surface area contributed by atoms with Crippen LogP contribution in [0, 0.1) is 0 Å². The van der Waals surface area contributed by atoms with Crippen LogP contribution < -0.4 is 0 Å². The van der Waals surface area contributed by atoms with Gasteiger partial charge < -0.3 is 9.67 Å². The lowest BCUT2D eigenvalue weighted by molar-refractivity contribution is 0.275. The van der Waals surface area contributed by atoms with Gasteiger partial charge in [0.05, 0.1) is 19.1 Å². The fraction of sp³-hybridized carbons (Fsp3) is 0.286. The molecule has 2 aliphatic heterocycles. The van der Waals surface area contributed by atoms with E-state index in [1.54, 1.807) is 17.1 Å². The number of rotatable bonds is 2. The number of nitrogens with zero attached hydrogens (tertiary/aromatic N) is 4. The third-order valence-corrected chi connectivity index (χ3v) is 1.62. The molecule has 5 heteroatoms. The first-order chi connectivity index (χ1) is 5.92. The van der Waals surface area contributed by atoms with E-state index in [0.29, 0.717) is 6.54 Å². The minimum absolute atomic E-state index is 0.0817. The summed E-state index contributed by atoms with van der Waals surface area (Å²) in [6.45, 7) is 0.585. The maximum Gasteiger partial charge on any atom is 0.163 e. The minimum atomic E-state index is 0.0817. The van der Waals surface area contributed by atoms with Crippen molar-refractivity contribution in [2.75, 3.05) is 6.61 Å². The Balaban J connectivity index is 2.48. The topological polar surface area (TPSA) is 63.8 Å². The van der Waals surface area contributed by atoms with Gasteiger partial charge in [0.1, 0.15) is 12.0 Å². The molecule has 0 aliphatic carbocycles. The summed E-state index contributed by atoms with van der Waals surface area (Å²) >= 11 is 0. The van der Waals surface area contributed by atoms with Gasteiger partial charge in [-0.25, -0.2) is 15.0 Å². The van der Waals surface area contributed by atoms with E-state index in [0.717, 1.165) is 11.5 Å². The molecule has 0 aromatic carbocycles. The first-order valence-corrected chi connectivity index (χ1v) is 3.63. The van der Waals surface area contributed by atoms with Crippen molar-refractivity contribution < 1.29 is 5.11 Å². The van der Waals surface area contributed by atoms with Crippen LogP contribution in [0.3, 0.4) is 0 Å². The monoisotopic (exact) mass is 164 g/mol. The summed E-state index contributed by atoms with van der Waals surface area (Å²) in [4.78, 5) is 12.0. The van der Waals surface area contributed by atoms with E-state index in [-0.39, 0.29) is 6.61 Å². The highest BCUT2D eigenvalue weighted by molar-refractivity contribution is 5.48. The lowest BCUT2D eigenvalue weighted by Crippen LogP contribution is -2.07. The average molecular weight is 164 g/mol. The van der Waals surface area contributed by atoms with Crippen molar-refractivity contribution in [1.82, 2.24) is 19.5 Å². The van der Waals surface area contributed by atoms with Gasteiger partial charge in [-0.1, -0.05) is 0 Å². The molecule has 5 nitrogen and oxygen atoms in total. The predicted molar refractivity (Wildman–Crippen MR) is 41.5 cm³/mol. The number of imidazole rings is 1. The molecule has 0 unspecified atom stereocenters. The second kappa shape index (κ2) is 2.86. The summed E-state index contributed by atoms with van der Waals surface area (Å²) in [5.41, 5.74) is 0.756. The highest BCUT2D eigenvalue weighted by atomic mass is 16.3. The number of aromatic nitrogens is 4. The fourth-order valence-electron chi connectivity index (χ4n) is 1.09. The van der Waals surface area contributed by atoms with E-state index in [9.17, 15) is 0 Å². The van der Waals surface area contributed by atoms with Gasteiger partial charge >= 0.3 is 0 Å². The van der Waals surface area contributed by atoms with Crippen LogP contribution in [0.25, 0.3) is 11.5 Å². The van der Waals surface area contributed by atoms with Gasteiger partial charge in [-0.2, -0.15) is 0 Å². The highest BCUT2D eigenvalue weighted by Crippen LogP contribution is 2.13. The van der Waals surface area contributed by atoms with Crippen molar-refractivity contribution in [3.05, 3.63) is 18.9 Å². The Bertz CT molecular complexity index is 345. The van der Waals surface area contributed by atoms with Gasteiger partial charge in [-0.3, -0.25) is 0 Å². The van der Waals surface area contributed by atoms with E-state index in [4.69, 9.17) is 5.11 Å².